The van der Waals surface area contributed by atoms with E-state index in [4.69, 9.17) is 0 Å². The number of hydrogen-bond donors (Lipinski definition) is 1. The Balaban J connectivity index is 1.74. The SMILES string of the molecule is Cc1nccc(-c2cccc(NS(=O)(=O)c3cccc4c(N(C)C)cccc34)c2)n1. The maximum absolute atomic E-state index is 13.2. The van der Waals surface area contributed by atoms with E-state index in [0.717, 1.165) is 22.3 Å². The summed E-state index contributed by atoms with van der Waals surface area (Å²) in [6, 6.07) is 20.0. The lowest BCUT2D eigenvalue weighted by Crippen LogP contribution is -2.14. The average molecular weight is 419 g/mol. The minimum Gasteiger partial charge on any atom is -0.377 e. The molecule has 6 nitrogen and oxygen atoms in total. The van der Waals surface area contributed by atoms with E-state index < -0.39 is 10.0 Å². The molecule has 0 aliphatic carbocycles. The Hall–Kier alpha value is -3.45. The molecule has 0 radical (unpaired) electrons. The van der Waals surface area contributed by atoms with E-state index >= 15 is 0 Å². The zero-order valence-electron chi connectivity index (χ0n) is 17.0. The van der Waals surface area contributed by atoms with Crippen LogP contribution in [0, 0.1) is 6.92 Å². The van der Waals surface area contributed by atoms with Crippen molar-refractivity contribution in [2.24, 2.45) is 0 Å². The molecule has 4 aromatic rings. The van der Waals surface area contributed by atoms with E-state index in [1.165, 1.54) is 0 Å². The molecule has 7 heteroatoms. The molecule has 0 spiro atoms. The first-order chi connectivity index (χ1) is 14.3. The van der Waals surface area contributed by atoms with E-state index in [1.807, 2.05) is 56.3 Å². The molecule has 152 valence electrons. The predicted octanol–water partition coefficient (Wildman–Crippen LogP) is 4.47. The van der Waals surface area contributed by atoms with Crippen LogP contribution in [-0.4, -0.2) is 32.5 Å². The first-order valence-electron chi connectivity index (χ1n) is 9.47. The summed E-state index contributed by atoms with van der Waals surface area (Å²) >= 11 is 0. The first kappa shape index (κ1) is 19.8. The number of hydrogen-bond acceptors (Lipinski definition) is 5. The van der Waals surface area contributed by atoms with Crippen LogP contribution in [0.1, 0.15) is 5.82 Å². The van der Waals surface area contributed by atoms with Crippen LogP contribution in [0.3, 0.4) is 0 Å². The molecule has 1 heterocycles. The summed E-state index contributed by atoms with van der Waals surface area (Å²) in [5.41, 5.74) is 2.99. The Kier molecular flexibility index (Phi) is 5.13. The molecule has 0 bridgehead atoms. The second kappa shape index (κ2) is 7.76. The van der Waals surface area contributed by atoms with Gasteiger partial charge in [0.25, 0.3) is 10.0 Å². The number of nitrogens with one attached hydrogen (secondary N) is 1. The normalized spacial score (nSPS) is 11.4. The van der Waals surface area contributed by atoms with Crippen molar-refractivity contribution in [1.82, 2.24) is 9.97 Å². The summed E-state index contributed by atoms with van der Waals surface area (Å²) in [5, 5.41) is 1.56. The third-order valence-electron chi connectivity index (χ3n) is 4.82. The number of fused-ring (bicyclic) bond motifs is 1. The predicted molar refractivity (Wildman–Crippen MR) is 121 cm³/mol. The molecule has 0 saturated carbocycles. The Morgan fingerprint density at radius 2 is 1.63 bits per heavy atom. The topological polar surface area (TPSA) is 75.2 Å². The Bertz CT molecular complexity index is 1330. The molecule has 1 N–H and O–H groups in total. The highest BCUT2D eigenvalue weighted by molar-refractivity contribution is 7.93. The Morgan fingerprint density at radius 3 is 2.40 bits per heavy atom. The van der Waals surface area contributed by atoms with Crippen molar-refractivity contribution in [2.45, 2.75) is 11.8 Å². The van der Waals surface area contributed by atoms with Crippen LogP contribution in [0.5, 0.6) is 0 Å². The van der Waals surface area contributed by atoms with Gasteiger partial charge in [0.1, 0.15) is 5.82 Å². The zero-order valence-corrected chi connectivity index (χ0v) is 17.8. The van der Waals surface area contributed by atoms with Gasteiger partial charge in [0.15, 0.2) is 0 Å². The van der Waals surface area contributed by atoms with Crippen molar-refractivity contribution in [3.05, 3.63) is 78.8 Å². The summed E-state index contributed by atoms with van der Waals surface area (Å²) in [6.07, 6.45) is 1.69. The summed E-state index contributed by atoms with van der Waals surface area (Å²) < 4.78 is 29.2. The van der Waals surface area contributed by atoms with Crippen molar-refractivity contribution in [2.75, 3.05) is 23.7 Å². The maximum Gasteiger partial charge on any atom is 0.262 e. The van der Waals surface area contributed by atoms with Crippen molar-refractivity contribution in [3.8, 4) is 11.3 Å². The molecule has 30 heavy (non-hydrogen) atoms. The molecular weight excluding hydrogens is 396 g/mol. The molecule has 0 fully saturated rings. The molecule has 0 aliphatic rings. The Labute approximate surface area is 176 Å². The van der Waals surface area contributed by atoms with E-state index in [1.54, 1.807) is 42.6 Å². The molecule has 3 aromatic carbocycles. The molecule has 4 rings (SSSR count). The number of aromatic nitrogens is 2. The van der Waals surface area contributed by atoms with Crippen molar-refractivity contribution < 1.29 is 8.42 Å². The first-order valence-corrected chi connectivity index (χ1v) is 11.0. The van der Waals surface area contributed by atoms with Crippen LogP contribution in [0.25, 0.3) is 22.0 Å². The molecule has 0 unspecified atom stereocenters. The molecule has 0 aliphatic heterocycles. The summed E-state index contributed by atoms with van der Waals surface area (Å²) in [6.45, 7) is 1.82. The largest absolute Gasteiger partial charge is 0.377 e. The van der Waals surface area contributed by atoms with E-state index in [9.17, 15) is 8.42 Å². The number of aryl methyl sites for hydroxylation is 1. The van der Waals surface area contributed by atoms with Gasteiger partial charge in [-0.15, -0.1) is 0 Å². The zero-order chi connectivity index (χ0) is 21.3. The number of rotatable bonds is 5. The quantitative estimate of drug-likeness (QED) is 0.517. The van der Waals surface area contributed by atoms with Crippen molar-refractivity contribution in [1.29, 1.82) is 0 Å². The standard InChI is InChI=1S/C23H22N4O2S/c1-16-24-14-13-21(25-16)17-7-4-8-18(15-17)26-30(28,29)23-12-6-9-19-20(23)10-5-11-22(19)27(2)3/h4-15,26H,1-3H3. The summed E-state index contributed by atoms with van der Waals surface area (Å²) in [7, 11) is 0.0873. The highest BCUT2D eigenvalue weighted by Gasteiger charge is 2.19. The van der Waals surface area contributed by atoms with Gasteiger partial charge in [-0.2, -0.15) is 0 Å². The highest BCUT2D eigenvalue weighted by atomic mass is 32.2. The molecule has 1 aromatic heterocycles. The van der Waals surface area contributed by atoms with Crippen molar-refractivity contribution in [3.63, 3.8) is 0 Å². The average Bonchev–Trinajstić information content (AvgIpc) is 2.72. The molecule has 0 amide bonds. The maximum atomic E-state index is 13.2. The minimum atomic E-state index is -3.79. The Morgan fingerprint density at radius 1 is 0.900 bits per heavy atom. The number of sulfonamides is 1. The minimum absolute atomic E-state index is 0.243. The number of nitrogens with zero attached hydrogens (tertiary/aromatic N) is 3. The monoisotopic (exact) mass is 418 g/mol. The fourth-order valence-electron chi connectivity index (χ4n) is 3.46. The lowest BCUT2D eigenvalue weighted by atomic mass is 10.1. The van der Waals surface area contributed by atoms with Crippen molar-refractivity contribution >= 4 is 32.2 Å². The summed E-state index contributed by atoms with van der Waals surface area (Å²) in [4.78, 5) is 10.7. The van der Waals surface area contributed by atoms with Crippen LogP contribution in [0.4, 0.5) is 11.4 Å². The van der Waals surface area contributed by atoms with Gasteiger partial charge in [0.05, 0.1) is 10.6 Å². The van der Waals surface area contributed by atoms with E-state index in [-0.39, 0.29) is 4.90 Å². The van der Waals surface area contributed by atoms with Gasteiger partial charge in [-0.05, 0) is 37.3 Å². The van der Waals surface area contributed by atoms with Crippen LogP contribution < -0.4 is 9.62 Å². The second-order valence-corrected chi connectivity index (χ2v) is 8.85. The lowest BCUT2D eigenvalue weighted by molar-refractivity contribution is 0.602. The molecule has 0 saturated heterocycles. The van der Waals surface area contributed by atoms with Gasteiger partial charge in [-0.1, -0.05) is 36.4 Å². The molecular formula is C23H22N4O2S. The van der Waals surface area contributed by atoms with Gasteiger partial charge in [-0.25, -0.2) is 18.4 Å². The fourth-order valence-corrected chi connectivity index (χ4v) is 4.73. The van der Waals surface area contributed by atoms with Crippen LogP contribution in [0.2, 0.25) is 0 Å². The highest BCUT2D eigenvalue weighted by Crippen LogP contribution is 2.31. The third-order valence-corrected chi connectivity index (χ3v) is 6.26. The van der Waals surface area contributed by atoms with E-state index in [0.29, 0.717) is 16.9 Å². The van der Waals surface area contributed by atoms with Crippen LogP contribution >= 0.6 is 0 Å². The van der Waals surface area contributed by atoms with Crippen LogP contribution in [0.15, 0.2) is 77.8 Å². The summed E-state index contributed by atoms with van der Waals surface area (Å²) in [5.74, 6) is 0.658. The van der Waals surface area contributed by atoms with Gasteiger partial charge in [0.2, 0.25) is 0 Å². The smallest absolute Gasteiger partial charge is 0.262 e. The number of anilines is 2. The third kappa shape index (κ3) is 3.84. The van der Waals surface area contributed by atoms with Crippen LogP contribution in [-0.2, 0) is 10.0 Å². The van der Waals surface area contributed by atoms with Gasteiger partial charge in [0, 0.05) is 48.0 Å². The van der Waals surface area contributed by atoms with Gasteiger partial charge >= 0.3 is 0 Å². The lowest BCUT2D eigenvalue weighted by Gasteiger charge is -2.17. The van der Waals surface area contributed by atoms with E-state index in [2.05, 4.69) is 14.7 Å². The van der Waals surface area contributed by atoms with Gasteiger partial charge < -0.3 is 4.90 Å². The number of benzene rings is 3. The molecule has 0 atom stereocenters. The van der Waals surface area contributed by atoms with Gasteiger partial charge in [-0.3, -0.25) is 4.72 Å². The second-order valence-electron chi connectivity index (χ2n) is 7.20. The fraction of sp³-hybridized carbons (Fsp3) is 0.130.